The van der Waals surface area contributed by atoms with E-state index in [1.807, 2.05) is 42.1 Å². The number of hydrogen-bond acceptors (Lipinski definition) is 5. The molecule has 0 spiro atoms. The molecule has 0 amide bonds. The van der Waals surface area contributed by atoms with E-state index in [0.29, 0.717) is 6.04 Å². The van der Waals surface area contributed by atoms with Crippen LogP contribution in [-0.4, -0.2) is 40.1 Å². The SMILES string of the molecule is CC1CSCCN1c1cc(C(N)=NO)c2ccccc2n1. The van der Waals surface area contributed by atoms with Gasteiger partial charge in [0, 0.05) is 35.0 Å². The van der Waals surface area contributed by atoms with Crippen LogP contribution >= 0.6 is 11.8 Å². The van der Waals surface area contributed by atoms with Crippen LogP contribution in [0, 0.1) is 0 Å². The van der Waals surface area contributed by atoms with Crippen LogP contribution in [0.1, 0.15) is 12.5 Å². The van der Waals surface area contributed by atoms with Gasteiger partial charge in [-0.25, -0.2) is 4.98 Å². The number of pyridine rings is 1. The summed E-state index contributed by atoms with van der Waals surface area (Å²) in [7, 11) is 0. The average molecular weight is 302 g/mol. The summed E-state index contributed by atoms with van der Waals surface area (Å²) in [5.74, 6) is 3.20. The monoisotopic (exact) mass is 302 g/mol. The number of benzene rings is 1. The number of fused-ring (bicyclic) bond motifs is 1. The molecular weight excluding hydrogens is 284 g/mol. The Kier molecular flexibility index (Phi) is 3.88. The Labute approximate surface area is 127 Å². The molecule has 1 aromatic carbocycles. The molecule has 6 heteroatoms. The third kappa shape index (κ3) is 2.63. The summed E-state index contributed by atoms with van der Waals surface area (Å²) < 4.78 is 0. The lowest BCUT2D eigenvalue weighted by molar-refractivity contribution is 0.318. The molecule has 1 fully saturated rings. The van der Waals surface area contributed by atoms with E-state index in [0.717, 1.165) is 40.3 Å². The number of amidine groups is 1. The lowest BCUT2D eigenvalue weighted by Crippen LogP contribution is -2.41. The van der Waals surface area contributed by atoms with Crippen molar-refractivity contribution in [3.05, 3.63) is 35.9 Å². The molecule has 0 saturated carbocycles. The Morgan fingerprint density at radius 2 is 2.29 bits per heavy atom. The van der Waals surface area contributed by atoms with Gasteiger partial charge in [-0.05, 0) is 19.1 Å². The Hall–Kier alpha value is -1.95. The van der Waals surface area contributed by atoms with Crippen molar-refractivity contribution in [2.75, 3.05) is 23.0 Å². The molecule has 1 aliphatic heterocycles. The van der Waals surface area contributed by atoms with E-state index in [1.54, 1.807) is 0 Å². The van der Waals surface area contributed by atoms with Crippen molar-refractivity contribution in [1.82, 2.24) is 4.98 Å². The molecule has 1 aliphatic rings. The van der Waals surface area contributed by atoms with Crippen LogP contribution in [0.3, 0.4) is 0 Å². The largest absolute Gasteiger partial charge is 0.409 e. The van der Waals surface area contributed by atoms with Crippen molar-refractivity contribution in [3.8, 4) is 0 Å². The van der Waals surface area contributed by atoms with E-state index >= 15 is 0 Å². The first-order valence-corrected chi connectivity index (χ1v) is 8.08. The van der Waals surface area contributed by atoms with Crippen LogP contribution in [0.2, 0.25) is 0 Å². The lowest BCUT2D eigenvalue weighted by Gasteiger charge is -2.34. The predicted octanol–water partition coefficient (Wildman–Crippen LogP) is 2.27. The van der Waals surface area contributed by atoms with E-state index in [1.165, 1.54) is 0 Å². The average Bonchev–Trinajstić information content (AvgIpc) is 2.53. The Bertz CT molecular complexity index is 688. The van der Waals surface area contributed by atoms with Crippen molar-refractivity contribution in [2.45, 2.75) is 13.0 Å². The number of para-hydroxylation sites is 1. The van der Waals surface area contributed by atoms with E-state index < -0.39 is 0 Å². The number of oxime groups is 1. The molecule has 5 nitrogen and oxygen atoms in total. The fraction of sp³-hybridized carbons (Fsp3) is 0.333. The first kappa shape index (κ1) is 14.0. The Morgan fingerprint density at radius 1 is 1.48 bits per heavy atom. The molecule has 1 atom stereocenters. The third-order valence-corrected chi connectivity index (χ3v) is 4.94. The van der Waals surface area contributed by atoms with Gasteiger partial charge in [0.25, 0.3) is 0 Å². The van der Waals surface area contributed by atoms with Crippen molar-refractivity contribution in [2.24, 2.45) is 10.9 Å². The molecular formula is C15H18N4OS. The summed E-state index contributed by atoms with van der Waals surface area (Å²) in [6.07, 6.45) is 0. The van der Waals surface area contributed by atoms with Crippen molar-refractivity contribution < 1.29 is 5.21 Å². The number of aromatic nitrogens is 1. The van der Waals surface area contributed by atoms with Gasteiger partial charge in [0.05, 0.1) is 5.52 Å². The highest BCUT2D eigenvalue weighted by molar-refractivity contribution is 7.99. The van der Waals surface area contributed by atoms with Crippen LogP contribution in [0.4, 0.5) is 5.82 Å². The number of nitrogens with two attached hydrogens (primary N) is 1. The van der Waals surface area contributed by atoms with Crippen molar-refractivity contribution >= 4 is 34.3 Å². The molecule has 3 N–H and O–H groups in total. The Balaban J connectivity index is 2.15. The van der Waals surface area contributed by atoms with Crippen molar-refractivity contribution in [3.63, 3.8) is 0 Å². The standard InChI is InChI=1S/C15H18N4OS/c1-10-9-21-7-6-19(10)14-8-12(15(16)18-20)11-4-2-3-5-13(11)17-14/h2-5,8,10,20H,6-7,9H2,1H3,(H2,16,18). The van der Waals surface area contributed by atoms with Crippen LogP contribution in [0.5, 0.6) is 0 Å². The van der Waals surface area contributed by atoms with Gasteiger partial charge in [0.2, 0.25) is 0 Å². The van der Waals surface area contributed by atoms with Gasteiger partial charge < -0.3 is 15.8 Å². The van der Waals surface area contributed by atoms with Gasteiger partial charge in [-0.2, -0.15) is 11.8 Å². The van der Waals surface area contributed by atoms with E-state index in [4.69, 9.17) is 15.9 Å². The van der Waals surface area contributed by atoms with Crippen LogP contribution in [0.15, 0.2) is 35.5 Å². The zero-order valence-electron chi connectivity index (χ0n) is 11.9. The second-order valence-corrected chi connectivity index (χ2v) is 6.30. The second kappa shape index (κ2) is 5.81. The number of anilines is 1. The fourth-order valence-corrected chi connectivity index (χ4v) is 3.66. The molecule has 0 bridgehead atoms. The Morgan fingerprint density at radius 3 is 3.05 bits per heavy atom. The number of thioether (sulfide) groups is 1. The topological polar surface area (TPSA) is 74.7 Å². The minimum Gasteiger partial charge on any atom is -0.409 e. The molecule has 0 aliphatic carbocycles. The fourth-order valence-electron chi connectivity index (χ4n) is 2.64. The van der Waals surface area contributed by atoms with Gasteiger partial charge in [-0.3, -0.25) is 0 Å². The van der Waals surface area contributed by atoms with Crippen molar-refractivity contribution in [1.29, 1.82) is 0 Å². The first-order valence-electron chi connectivity index (χ1n) is 6.93. The molecule has 1 saturated heterocycles. The summed E-state index contributed by atoms with van der Waals surface area (Å²) in [6.45, 7) is 3.17. The smallest absolute Gasteiger partial charge is 0.170 e. The van der Waals surface area contributed by atoms with E-state index in [2.05, 4.69) is 17.0 Å². The summed E-state index contributed by atoms with van der Waals surface area (Å²) in [6, 6.07) is 10.1. The highest BCUT2D eigenvalue weighted by Gasteiger charge is 2.21. The summed E-state index contributed by atoms with van der Waals surface area (Å²) in [5.41, 5.74) is 7.43. The predicted molar refractivity (Wildman–Crippen MR) is 88.4 cm³/mol. The molecule has 3 rings (SSSR count). The van der Waals surface area contributed by atoms with Crippen LogP contribution in [0.25, 0.3) is 10.9 Å². The second-order valence-electron chi connectivity index (χ2n) is 5.15. The molecule has 1 unspecified atom stereocenters. The van der Waals surface area contributed by atoms with Crippen LogP contribution in [-0.2, 0) is 0 Å². The van der Waals surface area contributed by atoms with E-state index in [-0.39, 0.29) is 5.84 Å². The zero-order valence-corrected chi connectivity index (χ0v) is 12.7. The lowest BCUT2D eigenvalue weighted by atomic mass is 10.1. The summed E-state index contributed by atoms with van der Waals surface area (Å²) in [4.78, 5) is 7.04. The van der Waals surface area contributed by atoms with Crippen LogP contribution < -0.4 is 10.6 Å². The number of rotatable bonds is 2. The molecule has 2 aromatic rings. The summed E-state index contributed by atoms with van der Waals surface area (Å²) >= 11 is 1.96. The maximum Gasteiger partial charge on any atom is 0.170 e. The highest BCUT2D eigenvalue weighted by Crippen LogP contribution is 2.27. The number of nitrogens with zero attached hydrogens (tertiary/aromatic N) is 3. The minimum atomic E-state index is 0.119. The first-order chi connectivity index (χ1) is 10.2. The van der Waals surface area contributed by atoms with Gasteiger partial charge >= 0.3 is 0 Å². The molecule has 21 heavy (non-hydrogen) atoms. The normalized spacial score (nSPS) is 20.0. The molecule has 1 aromatic heterocycles. The van der Waals surface area contributed by atoms with E-state index in [9.17, 15) is 0 Å². The quantitative estimate of drug-likeness (QED) is 0.385. The maximum atomic E-state index is 9.03. The molecule has 110 valence electrons. The molecule has 0 radical (unpaired) electrons. The number of hydrogen-bond donors (Lipinski definition) is 2. The minimum absolute atomic E-state index is 0.119. The van der Waals surface area contributed by atoms with Gasteiger partial charge in [0.1, 0.15) is 5.82 Å². The van der Waals surface area contributed by atoms with Gasteiger partial charge in [-0.1, -0.05) is 23.4 Å². The highest BCUT2D eigenvalue weighted by atomic mass is 32.2. The van der Waals surface area contributed by atoms with Gasteiger partial charge in [-0.15, -0.1) is 0 Å². The summed E-state index contributed by atoms with van der Waals surface area (Å²) in [5, 5.41) is 13.1. The maximum absolute atomic E-state index is 9.03. The molecule has 2 heterocycles. The van der Waals surface area contributed by atoms with Gasteiger partial charge in [0.15, 0.2) is 5.84 Å². The zero-order chi connectivity index (χ0) is 14.8. The third-order valence-electron chi connectivity index (χ3n) is 3.75.